The summed E-state index contributed by atoms with van der Waals surface area (Å²) in [6.07, 6.45) is 0. The number of carbonyl (C=O) groups is 1. The van der Waals surface area contributed by atoms with Crippen molar-refractivity contribution >= 4 is 32.3 Å². The second-order valence-corrected chi connectivity index (χ2v) is 7.80. The van der Waals surface area contributed by atoms with Gasteiger partial charge >= 0.3 is 5.51 Å². The number of aromatic amines is 1. The van der Waals surface area contributed by atoms with Crippen molar-refractivity contribution in [3.8, 4) is 5.75 Å². The van der Waals surface area contributed by atoms with E-state index in [1.807, 2.05) is 0 Å². The van der Waals surface area contributed by atoms with Gasteiger partial charge in [0.1, 0.15) is 5.75 Å². The number of nitrogens with one attached hydrogen (secondary N) is 2. The van der Waals surface area contributed by atoms with Gasteiger partial charge in [-0.2, -0.15) is 13.2 Å². The number of hydrogen-bond acceptors (Lipinski definition) is 5. The fourth-order valence-electron chi connectivity index (χ4n) is 2.67. The van der Waals surface area contributed by atoms with Gasteiger partial charge in [0.2, 0.25) is 5.56 Å². The molecule has 11 heteroatoms. The highest BCUT2D eigenvalue weighted by atomic mass is 32.2. The van der Waals surface area contributed by atoms with Crippen molar-refractivity contribution in [1.29, 1.82) is 0 Å². The minimum Gasteiger partial charge on any atom is -0.495 e. The fraction of sp³-hybridized carbons (Fsp3) is 0.111. The number of alkyl halides is 3. The van der Waals surface area contributed by atoms with Crippen LogP contribution in [0, 0.1) is 0 Å². The summed E-state index contributed by atoms with van der Waals surface area (Å²) >= 11 is 0. The molecule has 0 fully saturated rings. The number of aromatic nitrogens is 1. The molecule has 152 valence electrons. The summed E-state index contributed by atoms with van der Waals surface area (Å²) in [4.78, 5) is 26.0. The first-order chi connectivity index (χ1) is 13.5. The number of sulfone groups is 1. The molecule has 0 saturated heterocycles. The Bertz CT molecular complexity index is 1270. The highest BCUT2D eigenvalue weighted by Gasteiger charge is 2.47. The van der Waals surface area contributed by atoms with Crippen LogP contribution in [0.25, 0.3) is 10.9 Å². The number of para-hydroxylation sites is 1. The zero-order chi connectivity index (χ0) is 21.4. The topological polar surface area (TPSA) is 105 Å². The van der Waals surface area contributed by atoms with Crippen LogP contribution < -0.4 is 15.6 Å². The minimum absolute atomic E-state index is 0.0458. The van der Waals surface area contributed by atoms with E-state index in [1.165, 1.54) is 7.11 Å². The molecule has 2 aromatic carbocycles. The Balaban J connectivity index is 2.08. The summed E-state index contributed by atoms with van der Waals surface area (Å²) in [5.74, 6) is -0.888. The van der Waals surface area contributed by atoms with E-state index in [1.54, 1.807) is 24.3 Å². The number of H-pyrrole nitrogens is 1. The summed E-state index contributed by atoms with van der Waals surface area (Å²) < 4.78 is 66.8. The molecule has 0 aliphatic rings. The van der Waals surface area contributed by atoms with Crippen LogP contribution >= 0.6 is 0 Å². The number of fused-ring (bicyclic) bond motifs is 1. The molecule has 7 nitrogen and oxygen atoms in total. The summed E-state index contributed by atoms with van der Waals surface area (Å²) in [6, 6.07) is 9.81. The van der Waals surface area contributed by atoms with Gasteiger partial charge in [-0.3, -0.25) is 9.59 Å². The van der Waals surface area contributed by atoms with Crippen molar-refractivity contribution in [3.05, 3.63) is 64.4 Å². The maximum atomic E-state index is 12.8. The fourth-order valence-corrected chi connectivity index (χ4v) is 3.46. The van der Waals surface area contributed by atoms with Crippen LogP contribution in [0.15, 0.2) is 58.2 Å². The largest absolute Gasteiger partial charge is 0.501 e. The van der Waals surface area contributed by atoms with Gasteiger partial charge < -0.3 is 15.0 Å². The molecule has 1 heterocycles. The first-order valence-electron chi connectivity index (χ1n) is 7.97. The summed E-state index contributed by atoms with van der Waals surface area (Å²) in [5, 5.41) is 2.70. The highest BCUT2D eigenvalue weighted by Crippen LogP contribution is 2.35. The number of hydrogen-bond donors (Lipinski definition) is 2. The Hall–Kier alpha value is -3.34. The zero-order valence-corrected chi connectivity index (χ0v) is 15.5. The van der Waals surface area contributed by atoms with Crippen molar-refractivity contribution in [2.24, 2.45) is 0 Å². The van der Waals surface area contributed by atoms with Gasteiger partial charge in [-0.1, -0.05) is 18.2 Å². The molecule has 0 atom stereocenters. The molecule has 0 aliphatic carbocycles. The van der Waals surface area contributed by atoms with Crippen molar-refractivity contribution in [3.63, 3.8) is 0 Å². The maximum Gasteiger partial charge on any atom is 0.501 e. The number of carbonyl (C=O) groups excluding carboxylic acids is 1. The molecule has 1 amide bonds. The first-order valence-corrected chi connectivity index (χ1v) is 9.46. The molecule has 0 unspecified atom stereocenters. The van der Waals surface area contributed by atoms with Gasteiger partial charge in [-0.15, -0.1) is 0 Å². The number of methoxy groups -OCH3 is 1. The number of benzene rings is 2. The maximum absolute atomic E-state index is 12.8. The van der Waals surface area contributed by atoms with Gasteiger partial charge in [0.25, 0.3) is 15.7 Å². The summed E-state index contributed by atoms with van der Waals surface area (Å²) in [7, 11) is -4.43. The third-order valence-electron chi connectivity index (χ3n) is 4.03. The molecule has 29 heavy (non-hydrogen) atoms. The van der Waals surface area contributed by atoms with Crippen LogP contribution in [0.1, 0.15) is 10.4 Å². The number of rotatable bonds is 4. The number of halogens is 3. The lowest BCUT2D eigenvalue weighted by atomic mass is 10.1. The zero-order valence-electron chi connectivity index (χ0n) is 14.7. The lowest BCUT2D eigenvalue weighted by molar-refractivity contribution is -0.0436. The lowest BCUT2D eigenvalue weighted by Gasteiger charge is -2.14. The van der Waals surface area contributed by atoms with Crippen LogP contribution in [0.2, 0.25) is 0 Å². The molecule has 1 aromatic heterocycles. The molecule has 3 rings (SSSR count). The van der Waals surface area contributed by atoms with E-state index in [9.17, 15) is 31.2 Å². The van der Waals surface area contributed by atoms with E-state index in [2.05, 4.69) is 10.3 Å². The van der Waals surface area contributed by atoms with Gasteiger partial charge in [-0.25, -0.2) is 8.42 Å². The second-order valence-electron chi connectivity index (χ2n) is 5.86. The predicted molar refractivity (Wildman–Crippen MR) is 98.8 cm³/mol. The van der Waals surface area contributed by atoms with E-state index in [0.717, 1.165) is 18.2 Å². The normalized spacial score (nSPS) is 12.0. The SMILES string of the molecule is COc1ccc(S(=O)(=O)C(F)(F)F)cc1NC(=O)c1cc(=O)[nH]c2ccccc12. The Morgan fingerprint density at radius 2 is 1.79 bits per heavy atom. The standard InChI is InChI=1S/C18H13F3N2O5S/c1-28-15-7-6-10(29(26,27)18(19,20)21)8-14(15)23-17(25)12-9-16(24)22-13-5-3-2-4-11(12)13/h2-9H,1H3,(H,22,24)(H,23,25). The van der Waals surface area contributed by atoms with Gasteiger partial charge in [0, 0.05) is 17.0 Å². The molecule has 0 aliphatic heterocycles. The molecule has 0 spiro atoms. The average Bonchev–Trinajstić information content (AvgIpc) is 2.66. The molecular formula is C18H13F3N2O5S. The Labute approximate surface area is 162 Å². The van der Waals surface area contributed by atoms with E-state index in [0.29, 0.717) is 17.0 Å². The smallest absolute Gasteiger partial charge is 0.495 e. The van der Waals surface area contributed by atoms with Crippen molar-refractivity contribution in [2.45, 2.75) is 10.4 Å². The molecular weight excluding hydrogens is 413 g/mol. The Kier molecular flexibility index (Phi) is 5.09. The highest BCUT2D eigenvalue weighted by molar-refractivity contribution is 7.92. The molecule has 0 saturated carbocycles. The lowest BCUT2D eigenvalue weighted by Crippen LogP contribution is -2.23. The monoisotopic (exact) mass is 426 g/mol. The van der Waals surface area contributed by atoms with Gasteiger partial charge in [0.05, 0.1) is 23.3 Å². The van der Waals surface area contributed by atoms with Crippen LogP contribution in [0.4, 0.5) is 18.9 Å². The molecule has 2 N–H and O–H groups in total. The van der Waals surface area contributed by atoms with E-state index in [4.69, 9.17) is 4.74 Å². The van der Waals surface area contributed by atoms with Gasteiger partial charge in [-0.05, 0) is 24.3 Å². The van der Waals surface area contributed by atoms with E-state index >= 15 is 0 Å². The summed E-state index contributed by atoms with van der Waals surface area (Å²) in [6.45, 7) is 0. The first kappa shape index (κ1) is 20.4. The predicted octanol–water partition coefficient (Wildman–Crippen LogP) is 3.08. The third-order valence-corrected chi connectivity index (χ3v) is 5.51. The van der Waals surface area contributed by atoms with Gasteiger partial charge in [0.15, 0.2) is 0 Å². The quantitative estimate of drug-likeness (QED) is 0.667. The second kappa shape index (κ2) is 7.24. The van der Waals surface area contributed by atoms with Crippen molar-refractivity contribution in [1.82, 2.24) is 4.98 Å². The molecule has 0 bridgehead atoms. The average molecular weight is 426 g/mol. The van der Waals surface area contributed by atoms with E-state index in [-0.39, 0.29) is 17.0 Å². The van der Waals surface area contributed by atoms with Crippen molar-refractivity contribution in [2.75, 3.05) is 12.4 Å². The Morgan fingerprint density at radius 3 is 2.45 bits per heavy atom. The Morgan fingerprint density at radius 1 is 1.10 bits per heavy atom. The third kappa shape index (κ3) is 3.81. The van der Waals surface area contributed by atoms with Crippen LogP contribution in [-0.4, -0.2) is 31.9 Å². The molecule has 3 aromatic rings. The van der Waals surface area contributed by atoms with Crippen LogP contribution in [-0.2, 0) is 9.84 Å². The van der Waals surface area contributed by atoms with Crippen LogP contribution in [0.5, 0.6) is 5.75 Å². The van der Waals surface area contributed by atoms with Crippen LogP contribution in [0.3, 0.4) is 0 Å². The molecule has 0 radical (unpaired) electrons. The number of anilines is 1. The number of ether oxygens (including phenoxy) is 1. The number of amides is 1. The minimum atomic E-state index is -5.63. The summed E-state index contributed by atoms with van der Waals surface area (Å²) in [5.41, 5.74) is -6.03. The van der Waals surface area contributed by atoms with Crippen molar-refractivity contribution < 1.29 is 31.1 Å². The number of pyridine rings is 1. The van der Waals surface area contributed by atoms with E-state index < -0.39 is 31.7 Å².